The Kier molecular flexibility index (Phi) is 3.90. The van der Waals surface area contributed by atoms with Crippen LogP contribution in [0.2, 0.25) is 0 Å². The Hall–Kier alpha value is -1.51. The Morgan fingerprint density at radius 1 is 1.56 bits per heavy atom. The molecule has 0 aliphatic rings. The SMILES string of the molecule is CCOC(=O)c1noc(-c2ccc(F)cc2I)n1. The average Bonchev–Trinajstić information content (AvgIpc) is 2.78. The number of rotatable bonds is 3. The summed E-state index contributed by atoms with van der Waals surface area (Å²) < 4.78 is 23.3. The second kappa shape index (κ2) is 5.42. The van der Waals surface area contributed by atoms with Gasteiger partial charge >= 0.3 is 5.97 Å². The van der Waals surface area contributed by atoms with Crippen molar-refractivity contribution in [1.82, 2.24) is 10.1 Å². The Morgan fingerprint density at radius 2 is 2.33 bits per heavy atom. The number of carbonyl (C=O) groups is 1. The smallest absolute Gasteiger partial charge is 0.379 e. The summed E-state index contributed by atoms with van der Waals surface area (Å²) in [7, 11) is 0. The van der Waals surface area contributed by atoms with Gasteiger partial charge in [0.1, 0.15) is 5.82 Å². The molecular weight excluding hydrogens is 354 g/mol. The first kappa shape index (κ1) is 12.9. The van der Waals surface area contributed by atoms with E-state index in [9.17, 15) is 9.18 Å². The van der Waals surface area contributed by atoms with Crippen molar-refractivity contribution in [3.8, 4) is 11.5 Å². The van der Waals surface area contributed by atoms with Gasteiger partial charge in [-0.15, -0.1) is 0 Å². The van der Waals surface area contributed by atoms with Crippen LogP contribution in [0.25, 0.3) is 11.5 Å². The van der Waals surface area contributed by atoms with Crippen molar-refractivity contribution in [2.24, 2.45) is 0 Å². The van der Waals surface area contributed by atoms with Crippen molar-refractivity contribution in [2.75, 3.05) is 6.61 Å². The molecule has 2 rings (SSSR count). The third kappa shape index (κ3) is 2.66. The van der Waals surface area contributed by atoms with Gasteiger partial charge in [0.05, 0.1) is 12.2 Å². The van der Waals surface area contributed by atoms with Crippen LogP contribution in [0.1, 0.15) is 17.5 Å². The predicted molar refractivity (Wildman–Crippen MR) is 68.4 cm³/mol. The molecule has 2 aromatic rings. The molecule has 1 heterocycles. The number of carbonyl (C=O) groups excluding carboxylic acids is 1. The lowest BCUT2D eigenvalue weighted by Gasteiger charge is -1.98. The van der Waals surface area contributed by atoms with E-state index in [2.05, 4.69) is 10.1 Å². The monoisotopic (exact) mass is 362 g/mol. The summed E-state index contributed by atoms with van der Waals surface area (Å²) >= 11 is 1.95. The molecule has 94 valence electrons. The van der Waals surface area contributed by atoms with E-state index in [0.29, 0.717) is 9.13 Å². The van der Waals surface area contributed by atoms with Crippen molar-refractivity contribution in [1.29, 1.82) is 0 Å². The third-order valence-electron chi connectivity index (χ3n) is 2.05. The second-order valence-electron chi connectivity index (χ2n) is 3.27. The van der Waals surface area contributed by atoms with E-state index in [-0.39, 0.29) is 24.1 Å². The number of hydrogen-bond acceptors (Lipinski definition) is 5. The highest BCUT2D eigenvalue weighted by molar-refractivity contribution is 14.1. The Balaban J connectivity index is 2.32. The number of benzene rings is 1. The maximum absolute atomic E-state index is 13.0. The summed E-state index contributed by atoms with van der Waals surface area (Å²) in [5.74, 6) is -0.993. The Morgan fingerprint density at radius 3 is 3.00 bits per heavy atom. The van der Waals surface area contributed by atoms with E-state index in [0.717, 1.165) is 0 Å². The van der Waals surface area contributed by atoms with E-state index in [1.165, 1.54) is 18.2 Å². The molecule has 0 bridgehead atoms. The molecule has 5 nitrogen and oxygen atoms in total. The van der Waals surface area contributed by atoms with Gasteiger partial charge in [-0.2, -0.15) is 4.98 Å². The molecule has 1 aromatic heterocycles. The van der Waals surface area contributed by atoms with Gasteiger partial charge in [-0.1, -0.05) is 0 Å². The van der Waals surface area contributed by atoms with Crippen LogP contribution < -0.4 is 0 Å². The normalized spacial score (nSPS) is 10.4. The highest BCUT2D eigenvalue weighted by Gasteiger charge is 2.18. The van der Waals surface area contributed by atoms with Crippen LogP contribution in [-0.4, -0.2) is 22.7 Å². The predicted octanol–water partition coefficient (Wildman–Crippen LogP) is 2.66. The summed E-state index contributed by atoms with van der Waals surface area (Å²) in [5, 5.41) is 3.52. The molecule has 0 amide bonds. The minimum atomic E-state index is -0.649. The van der Waals surface area contributed by atoms with Crippen LogP contribution in [0, 0.1) is 9.39 Å². The minimum Gasteiger partial charge on any atom is -0.460 e. The molecule has 18 heavy (non-hydrogen) atoms. The molecule has 7 heteroatoms. The molecular formula is C11H8FIN2O3. The maximum atomic E-state index is 13.0. The zero-order chi connectivity index (χ0) is 13.1. The van der Waals surface area contributed by atoms with E-state index in [1.807, 2.05) is 22.6 Å². The largest absolute Gasteiger partial charge is 0.460 e. The van der Waals surface area contributed by atoms with Crippen LogP contribution in [-0.2, 0) is 4.74 Å². The number of esters is 1. The lowest BCUT2D eigenvalue weighted by Crippen LogP contribution is -2.06. The van der Waals surface area contributed by atoms with Gasteiger partial charge in [0, 0.05) is 3.57 Å². The van der Waals surface area contributed by atoms with E-state index >= 15 is 0 Å². The topological polar surface area (TPSA) is 65.2 Å². The molecule has 0 aliphatic heterocycles. The molecule has 0 fully saturated rings. The quantitative estimate of drug-likeness (QED) is 0.621. The lowest BCUT2D eigenvalue weighted by atomic mass is 10.2. The summed E-state index contributed by atoms with van der Waals surface area (Å²) in [6.45, 7) is 1.92. The fraction of sp³-hybridized carbons (Fsp3) is 0.182. The fourth-order valence-electron chi connectivity index (χ4n) is 1.27. The molecule has 0 spiro atoms. The van der Waals surface area contributed by atoms with Crippen molar-refractivity contribution >= 4 is 28.6 Å². The average molecular weight is 362 g/mol. The van der Waals surface area contributed by atoms with Gasteiger partial charge in [-0.3, -0.25) is 0 Å². The second-order valence-corrected chi connectivity index (χ2v) is 4.43. The van der Waals surface area contributed by atoms with Crippen LogP contribution in [0.3, 0.4) is 0 Å². The highest BCUT2D eigenvalue weighted by atomic mass is 127. The first-order valence-corrected chi connectivity index (χ1v) is 6.16. The number of hydrogen-bond donors (Lipinski definition) is 0. The molecule has 0 saturated heterocycles. The van der Waals surface area contributed by atoms with Gasteiger partial charge in [-0.05, 0) is 52.9 Å². The van der Waals surface area contributed by atoms with Gasteiger partial charge in [-0.25, -0.2) is 9.18 Å². The van der Waals surface area contributed by atoms with Crippen molar-refractivity contribution in [3.05, 3.63) is 33.4 Å². The van der Waals surface area contributed by atoms with Crippen LogP contribution in [0.4, 0.5) is 4.39 Å². The minimum absolute atomic E-state index is 0.146. The number of ether oxygens (including phenoxy) is 1. The fourth-order valence-corrected chi connectivity index (χ4v) is 1.98. The molecule has 0 aliphatic carbocycles. The number of aromatic nitrogens is 2. The van der Waals surface area contributed by atoms with E-state index < -0.39 is 5.97 Å². The zero-order valence-electron chi connectivity index (χ0n) is 9.31. The summed E-state index contributed by atoms with van der Waals surface area (Å²) in [6.07, 6.45) is 0. The molecule has 1 aromatic carbocycles. The summed E-state index contributed by atoms with van der Waals surface area (Å²) in [6, 6.07) is 4.13. The number of nitrogens with zero attached hydrogens (tertiary/aromatic N) is 2. The van der Waals surface area contributed by atoms with E-state index in [4.69, 9.17) is 9.26 Å². The highest BCUT2D eigenvalue weighted by Crippen LogP contribution is 2.24. The van der Waals surface area contributed by atoms with E-state index in [1.54, 1.807) is 6.92 Å². The van der Waals surface area contributed by atoms with Crippen LogP contribution in [0.15, 0.2) is 22.7 Å². The van der Waals surface area contributed by atoms with Crippen LogP contribution >= 0.6 is 22.6 Å². The molecule has 0 saturated carbocycles. The van der Waals surface area contributed by atoms with Crippen molar-refractivity contribution < 1.29 is 18.4 Å². The van der Waals surface area contributed by atoms with Gasteiger partial charge in [0.25, 0.3) is 11.7 Å². The van der Waals surface area contributed by atoms with Crippen LogP contribution in [0.5, 0.6) is 0 Å². The third-order valence-corrected chi connectivity index (χ3v) is 2.94. The molecule has 0 atom stereocenters. The maximum Gasteiger partial charge on any atom is 0.379 e. The molecule has 0 N–H and O–H groups in total. The summed E-state index contributed by atoms with van der Waals surface area (Å²) in [5.41, 5.74) is 0.569. The summed E-state index contributed by atoms with van der Waals surface area (Å²) in [4.78, 5) is 15.3. The Labute approximate surface area is 115 Å². The first-order valence-electron chi connectivity index (χ1n) is 5.08. The number of halogens is 2. The molecule has 0 radical (unpaired) electrons. The van der Waals surface area contributed by atoms with Gasteiger partial charge in [0.2, 0.25) is 0 Å². The first-order chi connectivity index (χ1) is 8.61. The van der Waals surface area contributed by atoms with Crippen molar-refractivity contribution in [3.63, 3.8) is 0 Å². The van der Waals surface area contributed by atoms with Gasteiger partial charge in [0.15, 0.2) is 0 Å². The lowest BCUT2D eigenvalue weighted by molar-refractivity contribution is 0.0508. The Bertz CT molecular complexity index is 585. The zero-order valence-corrected chi connectivity index (χ0v) is 11.5. The molecule has 0 unspecified atom stereocenters. The standard InChI is InChI=1S/C11H8FIN2O3/c1-2-17-11(16)9-14-10(18-15-9)7-4-3-6(12)5-8(7)13/h3-5H,2H2,1H3. The van der Waals surface area contributed by atoms with Gasteiger partial charge < -0.3 is 9.26 Å². The van der Waals surface area contributed by atoms with Crippen molar-refractivity contribution in [2.45, 2.75) is 6.92 Å².